The lowest BCUT2D eigenvalue weighted by molar-refractivity contribution is -0.274. The molecule has 0 heterocycles. The lowest BCUT2D eigenvalue weighted by atomic mass is 10.1. The number of sulfonamides is 1. The average Bonchev–Trinajstić information content (AvgIpc) is 2.84. The lowest BCUT2D eigenvalue weighted by Gasteiger charge is -2.11. The molecule has 36 heavy (non-hydrogen) atoms. The fourth-order valence-corrected chi connectivity index (χ4v) is 4.37. The van der Waals surface area contributed by atoms with Crippen LogP contribution in [0.25, 0.3) is 0 Å². The van der Waals surface area contributed by atoms with E-state index in [0.717, 1.165) is 17.7 Å². The van der Waals surface area contributed by atoms with Crippen molar-refractivity contribution in [3.63, 3.8) is 0 Å². The Morgan fingerprint density at radius 1 is 0.917 bits per heavy atom. The first kappa shape index (κ1) is 27.0. The van der Waals surface area contributed by atoms with Crippen LogP contribution in [0.1, 0.15) is 28.4 Å². The summed E-state index contributed by atoms with van der Waals surface area (Å²) in [7, 11) is -2.61. The fraction of sp³-hybridized carbons (Fsp3) is 0.240. The van der Waals surface area contributed by atoms with Gasteiger partial charge in [0.05, 0.1) is 17.6 Å². The molecule has 7 nitrogen and oxygen atoms in total. The summed E-state index contributed by atoms with van der Waals surface area (Å²) in [6.07, 6.45) is -3.83. The number of nitrogens with one attached hydrogen (secondary N) is 1. The first-order valence-corrected chi connectivity index (χ1v) is 12.3. The minimum absolute atomic E-state index is 0.0319. The predicted octanol–water partition coefficient (Wildman–Crippen LogP) is 5.25. The summed E-state index contributed by atoms with van der Waals surface area (Å²) < 4.78 is 78.8. The van der Waals surface area contributed by atoms with Crippen LogP contribution >= 0.6 is 0 Å². The Hall–Kier alpha value is -3.57. The normalized spacial score (nSPS) is 11.7. The molecule has 0 aliphatic rings. The maximum absolute atomic E-state index is 12.7. The molecular formula is C25H24F3NO6S. The van der Waals surface area contributed by atoms with Gasteiger partial charge >= 0.3 is 12.3 Å². The van der Waals surface area contributed by atoms with Crippen molar-refractivity contribution in [3.05, 3.63) is 83.4 Å². The topological polar surface area (TPSA) is 90.9 Å². The SMILES string of the molecule is CCc1ccc(S(=O)(=O)NCCc2ccc(Oc3ccc(OC(F)(F)F)cc3)cc2)cc1C(=O)OC. The van der Waals surface area contributed by atoms with Crippen molar-refractivity contribution >= 4 is 16.0 Å². The first-order chi connectivity index (χ1) is 17.0. The summed E-state index contributed by atoms with van der Waals surface area (Å²) in [6, 6.07) is 16.2. The highest BCUT2D eigenvalue weighted by Gasteiger charge is 2.31. The van der Waals surface area contributed by atoms with E-state index < -0.39 is 22.4 Å². The zero-order valence-electron chi connectivity index (χ0n) is 19.5. The molecule has 0 unspecified atom stereocenters. The lowest BCUT2D eigenvalue weighted by Crippen LogP contribution is -2.26. The maximum atomic E-state index is 12.7. The zero-order chi connectivity index (χ0) is 26.3. The van der Waals surface area contributed by atoms with Gasteiger partial charge in [-0.05, 0) is 72.5 Å². The molecule has 0 aliphatic carbocycles. The van der Waals surface area contributed by atoms with E-state index >= 15 is 0 Å². The van der Waals surface area contributed by atoms with Crippen molar-refractivity contribution in [2.45, 2.75) is 31.0 Å². The number of ether oxygens (including phenoxy) is 3. The summed E-state index contributed by atoms with van der Waals surface area (Å²) in [4.78, 5) is 12.0. The maximum Gasteiger partial charge on any atom is 0.573 e. The highest BCUT2D eigenvalue weighted by molar-refractivity contribution is 7.89. The average molecular weight is 524 g/mol. The van der Waals surface area contributed by atoms with Crippen LogP contribution < -0.4 is 14.2 Å². The number of benzene rings is 3. The van der Waals surface area contributed by atoms with Gasteiger partial charge in [0.2, 0.25) is 10.0 Å². The third kappa shape index (κ3) is 7.46. The van der Waals surface area contributed by atoms with E-state index in [9.17, 15) is 26.4 Å². The molecule has 0 atom stereocenters. The van der Waals surface area contributed by atoms with Crippen molar-refractivity contribution in [1.29, 1.82) is 0 Å². The molecule has 0 fully saturated rings. The number of carbonyl (C=O) groups excluding carboxylic acids is 1. The Morgan fingerprint density at radius 2 is 1.50 bits per heavy atom. The third-order valence-corrected chi connectivity index (χ3v) is 6.56. The molecule has 0 saturated heterocycles. The second kappa shape index (κ2) is 11.4. The van der Waals surface area contributed by atoms with Crippen LogP contribution in [0.3, 0.4) is 0 Å². The molecule has 0 saturated carbocycles. The van der Waals surface area contributed by atoms with Crippen molar-refractivity contribution in [1.82, 2.24) is 4.72 Å². The van der Waals surface area contributed by atoms with Gasteiger partial charge < -0.3 is 14.2 Å². The van der Waals surface area contributed by atoms with Gasteiger partial charge in [0.25, 0.3) is 0 Å². The Morgan fingerprint density at radius 3 is 2.06 bits per heavy atom. The van der Waals surface area contributed by atoms with E-state index in [1.165, 1.54) is 31.4 Å². The fourth-order valence-electron chi connectivity index (χ4n) is 3.31. The Bertz CT molecular complexity index is 1290. The molecule has 1 N–H and O–H groups in total. The predicted molar refractivity (Wildman–Crippen MR) is 126 cm³/mol. The highest BCUT2D eigenvalue weighted by Crippen LogP contribution is 2.27. The summed E-state index contributed by atoms with van der Waals surface area (Å²) in [5.74, 6) is -0.173. The number of aryl methyl sites for hydroxylation is 1. The van der Waals surface area contributed by atoms with Gasteiger partial charge in [0.1, 0.15) is 17.2 Å². The van der Waals surface area contributed by atoms with Crippen molar-refractivity contribution in [3.8, 4) is 17.2 Å². The third-order valence-electron chi connectivity index (χ3n) is 5.10. The van der Waals surface area contributed by atoms with Crippen LogP contribution in [0.15, 0.2) is 71.6 Å². The van der Waals surface area contributed by atoms with E-state index in [-0.39, 0.29) is 22.8 Å². The van der Waals surface area contributed by atoms with Crippen LogP contribution in [0.4, 0.5) is 13.2 Å². The van der Waals surface area contributed by atoms with Gasteiger partial charge in [0.15, 0.2) is 0 Å². The van der Waals surface area contributed by atoms with Gasteiger partial charge in [-0.15, -0.1) is 13.2 Å². The second-order valence-electron chi connectivity index (χ2n) is 7.58. The van der Waals surface area contributed by atoms with Gasteiger partial charge in [-0.25, -0.2) is 17.9 Å². The molecule has 3 rings (SSSR count). The number of hydrogen-bond acceptors (Lipinski definition) is 6. The Kier molecular flexibility index (Phi) is 8.59. The molecule has 0 amide bonds. The van der Waals surface area contributed by atoms with Crippen LogP contribution in [-0.2, 0) is 27.6 Å². The van der Waals surface area contributed by atoms with E-state index in [4.69, 9.17) is 9.47 Å². The van der Waals surface area contributed by atoms with E-state index in [1.54, 1.807) is 30.3 Å². The monoisotopic (exact) mass is 523 g/mol. The first-order valence-electron chi connectivity index (χ1n) is 10.8. The van der Waals surface area contributed by atoms with Crippen LogP contribution in [0.2, 0.25) is 0 Å². The summed E-state index contributed by atoms with van der Waals surface area (Å²) in [5, 5.41) is 0. The molecule has 3 aromatic carbocycles. The number of rotatable bonds is 10. The quantitative estimate of drug-likeness (QED) is 0.365. The standard InChI is InChI=1S/C25H24F3NO6S/c1-3-18-6-13-22(16-23(18)24(30)33-2)36(31,32)29-15-14-17-4-7-19(8-5-17)34-20-9-11-21(12-10-20)35-25(26,27)28/h4-13,16,29H,3,14-15H2,1-2H3. The molecule has 0 aromatic heterocycles. The minimum atomic E-state index is -4.77. The van der Waals surface area contributed by atoms with Crippen molar-refractivity contribution < 1.29 is 40.6 Å². The minimum Gasteiger partial charge on any atom is -0.465 e. The largest absolute Gasteiger partial charge is 0.573 e. The Labute approximate surface area is 206 Å². The highest BCUT2D eigenvalue weighted by atomic mass is 32.2. The van der Waals surface area contributed by atoms with Crippen LogP contribution in [0.5, 0.6) is 17.2 Å². The van der Waals surface area contributed by atoms with E-state index in [2.05, 4.69) is 9.46 Å². The smallest absolute Gasteiger partial charge is 0.465 e. The van der Waals surface area contributed by atoms with Gasteiger partial charge in [-0.2, -0.15) is 0 Å². The van der Waals surface area contributed by atoms with Gasteiger partial charge in [-0.3, -0.25) is 0 Å². The molecule has 0 radical (unpaired) electrons. The number of hydrogen-bond donors (Lipinski definition) is 1. The molecule has 192 valence electrons. The van der Waals surface area contributed by atoms with Gasteiger partial charge in [-0.1, -0.05) is 25.1 Å². The molecule has 0 aliphatic heterocycles. The summed E-state index contributed by atoms with van der Waals surface area (Å²) >= 11 is 0. The number of carbonyl (C=O) groups is 1. The summed E-state index contributed by atoms with van der Waals surface area (Å²) in [6.45, 7) is 1.97. The molecule has 11 heteroatoms. The van der Waals surface area contributed by atoms with E-state index in [1.807, 2.05) is 6.92 Å². The second-order valence-corrected chi connectivity index (χ2v) is 9.34. The summed E-state index contributed by atoms with van der Waals surface area (Å²) in [5.41, 5.74) is 1.73. The van der Waals surface area contributed by atoms with Crippen molar-refractivity contribution in [2.75, 3.05) is 13.7 Å². The molecular weight excluding hydrogens is 499 g/mol. The number of alkyl halides is 3. The van der Waals surface area contributed by atoms with E-state index in [0.29, 0.717) is 29.9 Å². The molecule has 0 spiro atoms. The zero-order valence-corrected chi connectivity index (χ0v) is 20.3. The number of halogens is 3. The van der Waals surface area contributed by atoms with Crippen LogP contribution in [-0.4, -0.2) is 34.4 Å². The van der Waals surface area contributed by atoms with Gasteiger partial charge in [0, 0.05) is 6.54 Å². The van der Waals surface area contributed by atoms with Crippen LogP contribution in [0, 0.1) is 0 Å². The number of esters is 1. The van der Waals surface area contributed by atoms with Crippen molar-refractivity contribution in [2.24, 2.45) is 0 Å². The molecule has 3 aromatic rings. The Balaban J connectivity index is 1.57. The number of methoxy groups -OCH3 is 1. The molecule has 0 bridgehead atoms.